The van der Waals surface area contributed by atoms with E-state index in [-0.39, 0.29) is 12.4 Å². The number of furan rings is 1. The first-order valence-corrected chi connectivity index (χ1v) is 10.1. The molecule has 156 valence electrons. The summed E-state index contributed by atoms with van der Waals surface area (Å²) in [6, 6.07) is 8.88. The van der Waals surface area contributed by atoms with Gasteiger partial charge in [0.15, 0.2) is 22.5 Å². The third-order valence-corrected chi connectivity index (χ3v) is 5.41. The second-order valence-corrected chi connectivity index (χ2v) is 7.39. The average molecular weight is 429 g/mol. The number of thioether (sulfide) groups is 1. The predicted molar refractivity (Wildman–Crippen MR) is 107 cm³/mol. The molecular weight excluding hydrogens is 410 g/mol. The van der Waals surface area contributed by atoms with Crippen molar-refractivity contribution in [3.63, 3.8) is 0 Å². The first-order chi connectivity index (χ1) is 14.5. The van der Waals surface area contributed by atoms with Gasteiger partial charge in [-0.1, -0.05) is 23.9 Å². The third kappa shape index (κ3) is 4.10. The van der Waals surface area contributed by atoms with Crippen LogP contribution in [0.15, 0.2) is 46.2 Å². The molecule has 3 heterocycles. The van der Waals surface area contributed by atoms with Crippen molar-refractivity contribution < 1.29 is 23.5 Å². The highest BCUT2D eigenvalue weighted by Gasteiger charge is 2.27. The van der Waals surface area contributed by atoms with Crippen LogP contribution in [0.5, 0.6) is 11.5 Å². The lowest BCUT2D eigenvalue weighted by molar-refractivity contribution is -0.134. The van der Waals surface area contributed by atoms with Gasteiger partial charge in [0, 0.05) is 7.05 Å². The molecule has 0 unspecified atom stereocenters. The molecule has 0 aliphatic carbocycles. The number of benzene rings is 1. The Morgan fingerprint density at radius 1 is 1.20 bits per heavy atom. The summed E-state index contributed by atoms with van der Waals surface area (Å²) in [4.78, 5) is 24.3. The molecule has 30 heavy (non-hydrogen) atoms. The maximum Gasteiger partial charge on any atom is 0.283 e. The molecule has 2 N–H and O–H groups in total. The zero-order chi connectivity index (χ0) is 21.1. The van der Waals surface area contributed by atoms with Crippen LogP contribution in [0.25, 0.3) is 11.4 Å². The van der Waals surface area contributed by atoms with Crippen LogP contribution in [0.2, 0.25) is 0 Å². The van der Waals surface area contributed by atoms with Gasteiger partial charge in [-0.3, -0.25) is 20.4 Å². The number of nitrogens with zero attached hydrogens (tertiary/aromatic N) is 3. The number of aryl methyl sites for hydroxylation is 1. The van der Waals surface area contributed by atoms with Crippen molar-refractivity contribution in [2.75, 3.05) is 12.4 Å². The monoisotopic (exact) mass is 429 g/mol. The molecule has 0 radical (unpaired) electrons. The molecule has 1 aliphatic heterocycles. The third-order valence-electron chi connectivity index (χ3n) is 4.39. The van der Waals surface area contributed by atoms with Crippen LogP contribution in [0.4, 0.5) is 0 Å². The SMILES string of the molecule is Cc1occc1-c1nnc(SCC(=O)NNC(=O)[C@@H]2COc3ccccc3O2)n1C. The predicted octanol–water partition coefficient (Wildman–Crippen LogP) is 1.46. The maximum absolute atomic E-state index is 12.2. The number of carbonyl (C=O) groups excluding carboxylic acids is 2. The summed E-state index contributed by atoms with van der Waals surface area (Å²) in [5.74, 6) is 1.59. The molecule has 1 atom stereocenters. The zero-order valence-electron chi connectivity index (χ0n) is 16.2. The van der Waals surface area contributed by atoms with Crippen LogP contribution in [-0.4, -0.2) is 45.0 Å². The van der Waals surface area contributed by atoms with Crippen LogP contribution < -0.4 is 20.3 Å². The molecule has 0 spiro atoms. The molecular formula is C19H19N5O5S. The Labute approximate surface area is 175 Å². The van der Waals surface area contributed by atoms with E-state index in [4.69, 9.17) is 13.9 Å². The molecule has 1 aromatic carbocycles. The number of rotatable bonds is 5. The summed E-state index contributed by atoms with van der Waals surface area (Å²) in [6.45, 7) is 1.90. The normalized spacial score (nSPS) is 14.9. The number of ether oxygens (including phenoxy) is 2. The summed E-state index contributed by atoms with van der Waals surface area (Å²) in [5, 5.41) is 8.82. The quantitative estimate of drug-likeness (QED) is 0.462. The van der Waals surface area contributed by atoms with Crippen molar-refractivity contribution in [2.45, 2.75) is 18.2 Å². The molecule has 0 saturated carbocycles. The fourth-order valence-corrected chi connectivity index (χ4v) is 3.53. The van der Waals surface area contributed by atoms with E-state index in [2.05, 4.69) is 21.0 Å². The number of hydrazine groups is 1. The number of fused-ring (bicyclic) bond motifs is 1. The Balaban J connectivity index is 1.26. The number of aromatic nitrogens is 3. The highest BCUT2D eigenvalue weighted by molar-refractivity contribution is 7.99. The van der Waals surface area contributed by atoms with E-state index < -0.39 is 17.9 Å². The Kier molecular flexibility index (Phi) is 5.61. The maximum atomic E-state index is 12.2. The lowest BCUT2D eigenvalue weighted by Gasteiger charge is -2.25. The van der Waals surface area contributed by atoms with Gasteiger partial charge in [-0.2, -0.15) is 0 Å². The Hall–Kier alpha value is -3.47. The lowest BCUT2D eigenvalue weighted by atomic mass is 10.2. The fraction of sp³-hybridized carbons (Fsp3) is 0.263. The van der Waals surface area contributed by atoms with Crippen molar-refractivity contribution in [3.05, 3.63) is 42.4 Å². The van der Waals surface area contributed by atoms with E-state index in [9.17, 15) is 9.59 Å². The number of amides is 2. The van der Waals surface area contributed by atoms with Crippen molar-refractivity contribution in [2.24, 2.45) is 7.05 Å². The van der Waals surface area contributed by atoms with E-state index in [0.717, 1.165) is 11.3 Å². The summed E-state index contributed by atoms with van der Waals surface area (Å²) >= 11 is 1.20. The van der Waals surface area contributed by atoms with E-state index in [1.54, 1.807) is 29.0 Å². The molecule has 11 heteroatoms. The zero-order valence-corrected chi connectivity index (χ0v) is 17.1. The van der Waals surface area contributed by atoms with E-state index in [1.807, 2.05) is 26.1 Å². The van der Waals surface area contributed by atoms with E-state index in [0.29, 0.717) is 22.5 Å². The number of nitrogens with one attached hydrogen (secondary N) is 2. The first-order valence-electron chi connectivity index (χ1n) is 9.06. The van der Waals surface area contributed by atoms with E-state index in [1.165, 1.54) is 11.8 Å². The molecule has 2 aromatic heterocycles. The average Bonchev–Trinajstić information content (AvgIpc) is 3.34. The molecule has 0 fully saturated rings. The van der Waals surface area contributed by atoms with Gasteiger partial charge in [0.25, 0.3) is 5.91 Å². The number of carbonyl (C=O) groups is 2. The van der Waals surface area contributed by atoms with Gasteiger partial charge in [0.2, 0.25) is 12.0 Å². The largest absolute Gasteiger partial charge is 0.485 e. The highest BCUT2D eigenvalue weighted by Crippen LogP contribution is 2.30. The fourth-order valence-electron chi connectivity index (χ4n) is 2.82. The summed E-state index contributed by atoms with van der Waals surface area (Å²) in [7, 11) is 1.81. The van der Waals surface area contributed by atoms with Crippen LogP contribution in [0, 0.1) is 6.92 Å². The van der Waals surface area contributed by atoms with Gasteiger partial charge in [0.05, 0.1) is 17.6 Å². The molecule has 4 rings (SSSR count). The molecule has 0 saturated heterocycles. The van der Waals surface area contributed by atoms with Crippen LogP contribution in [-0.2, 0) is 16.6 Å². The summed E-state index contributed by atoms with van der Waals surface area (Å²) < 4.78 is 18.2. The number of hydrogen-bond donors (Lipinski definition) is 2. The van der Waals surface area contributed by atoms with Crippen molar-refractivity contribution in [3.8, 4) is 22.9 Å². The molecule has 2 amide bonds. The smallest absolute Gasteiger partial charge is 0.283 e. The minimum atomic E-state index is -0.854. The topological polar surface area (TPSA) is 121 Å². The van der Waals surface area contributed by atoms with Gasteiger partial charge in [-0.25, -0.2) is 0 Å². The van der Waals surface area contributed by atoms with Gasteiger partial charge >= 0.3 is 0 Å². The number of para-hydroxylation sites is 2. The molecule has 3 aromatic rings. The molecule has 10 nitrogen and oxygen atoms in total. The standard InChI is InChI=1S/C19H19N5O5S/c1-11-12(7-8-27-11)17-21-23-19(24(17)2)30-10-16(25)20-22-18(26)15-9-28-13-5-3-4-6-14(13)29-15/h3-8,15H,9-10H2,1-2H3,(H,20,25)(H,22,26)/t15-/m0/s1. The Morgan fingerprint density at radius 3 is 2.77 bits per heavy atom. The lowest BCUT2D eigenvalue weighted by Crippen LogP contribution is -2.51. The van der Waals surface area contributed by atoms with Gasteiger partial charge in [-0.15, -0.1) is 10.2 Å². The van der Waals surface area contributed by atoms with Crippen LogP contribution >= 0.6 is 11.8 Å². The van der Waals surface area contributed by atoms with E-state index >= 15 is 0 Å². The molecule has 0 bridgehead atoms. The number of hydrogen-bond acceptors (Lipinski definition) is 8. The second kappa shape index (κ2) is 8.49. The first kappa shape index (κ1) is 19.8. The summed E-state index contributed by atoms with van der Waals surface area (Å²) in [6.07, 6.45) is 0.731. The summed E-state index contributed by atoms with van der Waals surface area (Å²) in [5.41, 5.74) is 5.56. The van der Waals surface area contributed by atoms with Gasteiger partial charge in [0.1, 0.15) is 12.4 Å². The van der Waals surface area contributed by atoms with Crippen LogP contribution in [0.3, 0.4) is 0 Å². The highest BCUT2D eigenvalue weighted by atomic mass is 32.2. The minimum absolute atomic E-state index is 0.0431. The van der Waals surface area contributed by atoms with Crippen molar-refractivity contribution in [1.82, 2.24) is 25.6 Å². The van der Waals surface area contributed by atoms with Gasteiger partial charge in [-0.05, 0) is 25.1 Å². The Bertz CT molecular complexity index is 1080. The second-order valence-electron chi connectivity index (χ2n) is 6.45. The van der Waals surface area contributed by atoms with Gasteiger partial charge < -0.3 is 18.5 Å². The minimum Gasteiger partial charge on any atom is -0.485 e. The van der Waals surface area contributed by atoms with Crippen molar-refractivity contribution in [1.29, 1.82) is 0 Å². The van der Waals surface area contributed by atoms with Crippen molar-refractivity contribution >= 4 is 23.6 Å². The van der Waals surface area contributed by atoms with Crippen LogP contribution in [0.1, 0.15) is 5.76 Å². The Morgan fingerprint density at radius 2 is 2.00 bits per heavy atom. The molecule has 1 aliphatic rings.